The predicted molar refractivity (Wildman–Crippen MR) is 75.0 cm³/mol. The molecular weight excluding hydrogens is 274 g/mol. The van der Waals surface area contributed by atoms with Gasteiger partial charge >= 0.3 is 12.1 Å². The smallest absolute Gasteiger partial charge is 0.410 e. The summed E-state index contributed by atoms with van der Waals surface area (Å²) in [4.78, 5) is 25.3. The largest absolute Gasteiger partial charge is 0.464 e. The van der Waals surface area contributed by atoms with E-state index in [1.165, 1.54) is 7.11 Å². The van der Waals surface area contributed by atoms with Crippen LogP contribution in [-0.4, -0.2) is 52.5 Å². The van der Waals surface area contributed by atoms with Gasteiger partial charge in [0.1, 0.15) is 11.3 Å². The van der Waals surface area contributed by atoms with Gasteiger partial charge in [-0.3, -0.25) is 4.68 Å². The van der Waals surface area contributed by atoms with Crippen molar-refractivity contribution >= 4 is 12.1 Å². The Kier molecular flexibility index (Phi) is 4.20. The molecular formula is C14H21N3O4. The highest BCUT2D eigenvalue weighted by molar-refractivity contribution is 5.87. The number of hydrogen-bond donors (Lipinski definition) is 0. The van der Waals surface area contributed by atoms with Crippen molar-refractivity contribution in [3.8, 4) is 0 Å². The number of hydrogen-bond acceptors (Lipinski definition) is 5. The molecule has 2 heterocycles. The van der Waals surface area contributed by atoms with E-state index >= 15 is 0 Å². The summed E-state index contributed by atoms with van der Waals surface area (Å²) in [6.45, 7) is 6.56. The normalized spacial score (nSPS) is 18.7. The maximum absolute atomic E-state index is 12.0. The van der Waals surface area contributed by atoms with Gasteiger partial charge in [-0.15, -0.1) is 0 Å². The van der Waals surface area contributed by atoms with Gasteiger partial charge in [0.25, 0.3) is 0 Å². The molecule has 1 aliphatic heterocycles. The molecule has 2 rings (SSSR count). The van der Waals surface area contributed by atoms with E-state index in [4.69, 9.17) is 9.47 Å². The van der Waals surface area contributed by atoms with Gasteiger partial charge in [0.2, 0.25) is 0 Å². The molecule has 1 aromatic rings. The van der Waals surface area contributed by atoms with Crippen molar-refractivity contribution in [2.45, 2.75) is 38.8 Å². The molecule has 1 aliphatic rings. The molecule has 0 aliphatic carbocycles. The molecule has 1 aromatic heterocycles. The zero-order valence-corrected chi connectivity index (χ0v) is 12.8. The third-order valence-corrected chi connectivity index (χ3v) is 3.23. The highest BCUT2D eigenvalue weighted by Gasteiger charge is 2.32. The first-order valence-corrected chi connectivity index (χ1v) is 6.91. The fourth-order valence-corrected chi connectivity index (χ4v) is 2.31. The third-order valence-electron chi connectivity index (χ3n) is 3.23. The Morgan fingerprint density at radius 1 is 1.38 bits per heavy atom. The zero-order valence-electron chi connectivity index (χ0n) is 12.8. The summed E-state index contributed by atoms with van der Waals surface area (Å²) in [5.74, 6) is -0.428. The first-order valence-electron chi connectivity index (χ1n) is 6.91. The molecule has 0 aromatic carbocycles. The lowest BCUT2D eigenvalue weighted by Gasteiger charge is -2.24. The van der Waals surface area contributed by atoms with E-state index in [1.54, 1.807) is 21.8 Å². The molecule has 0 N–H and O–H groups in total. The molecule has 0 spiro atoms. The average molecular weight is 295 g/mol. The van der Waals surface area contributed by atoms with Gasteiger partial charge in [0, 0.05) is 19.3 Å². The maximum Gasteiger partial charge on any atom is 0.410 e. The van der Waals surface area contributed by atoms with Crippen LogP contribution in [0, 0.1) is 0 Å². The maximum atomic E-state index is 12.0. The van der Waals surface area contributed by atoms with Crippen LogP contribution < -0.4 is 0 Å². The van der Waals surface area contributed by atoms with Gasteiger partial charge in [-0.1, -0.05) is 0 Å². The van der Waals surface area contributed by atoms with Crippen molar-refractivity contribution in [1.29, 1.82) is 0 Å². The first kappa shape index (κ1) is 15.3. The van der Waals surface area contributed by atoms with Crippen molar-refractivity contribution < 1.29 is 19.1 Å². The Hall–Kier alpha value is -2.05. The van der Waals surface area contributed by atoms with Crippen LogP contribution in [0.15, 0.2) is 12.3 Å². The summed E-state index contributed by atoms with van der Waals surface area (Å²) in [5.41, 5.74) is -0.119. The number of rotatable bonds is 2. The lowest BCUT2D eigenvalue weighted by atomic mass is 10.2. The lowest BCUT2D eigenvalue weighted by Crippen LogP contribution is -2.35. The number of likely N-dealkylation sites (tertiary alicyclic amines) is 1. The fraction of sp³-hybridized carbons (Fsp3) is 0.643. The zero-order chi connectivity index (χ0) is 15.6. The van der Waals surface area contributed by atoms with E-state index in [9.17, 15) is 9.59 Å². The molecule has 0 saturated carbocycles. The van der Waals surface area contributed by atoms with Crippen molar-refractivity contribution in [2.75, 3.05) is 20.2 Å². The summed E-state index contributed by atoms with van der Waals surface area (Å²) in [5, 5.41) is 4.17. The van der Waals surface area contributed by atoms with Gasteiger partial charge in [-0.05, 0) is 33.3 Å². The van der Waals surface area contributed by atoms with Crippen LogP contribution >= 0.6 is 0 Å². The second kappa shape index (κ2) is 5.75. The van der Waals surface area contributed by atoms with Crippen LogP contribution in [-0.2, 0) is 9.47 Å². The Balaban J connectivity index is 2.05. The topological polar surface area (TPSA) is 73.7 Å². The Morgan fingerprint density at radius 2 is 2.10 bits per heavy atom. The molecule has 0 unspecified atom stereocenters. The number of amides is 1. The highest BCUT2D eigenvalue weighted by atomic mass is 16.6. The first-order chi connectivity index (χ1) is 9.81. The van der Waals surface area contributed by atoms with E-state index in [0.717, 1.165) is 6.42 Å². The second-order valence-electron chi connectivity index (χ2n) is 6.02. The van der Waals surface area contributed by atoms with Gasteiger partial charge < -0.3 is 14.4 Å². The molecule has 21 heavy (non-hydrogen) atoms. The SMILES string of the molecule is COC(=O)c1ccnn1[C@@H]1CCN(C(=O)OC(C)(C)C)C1. The number of aromatic nitrogens is 2. The lowest BCUT2D eigenvalue weighted by molar-refractivity contribution is 0.0288. The average Bonchev–Trinajstić information content (AvgIpc) is 3.03. The molecule has 1 saturated heterocycles. The Labute approximate surface area is 123 Å². The number of ether oxygens (including phenoxy) is 2. The van der Waals surface area contributed by atoms with Gasteiger partial charge in [0.15, 0.2) is 0 Å². The number of carbonyl (C=O) groups excluding carboxylic acids is 2. The summed E-state index contributed by atoms with van der Waals surface area (Å²) in [6.07, 6.45) is 1.95. The molecule has 1 amide bonds. The summed E-state index contributed by atoms with van der Waals surface area (Å²) < 4.78 is 11.7. The predicted octanol–water partition coefficient (Wildman–Crippen LogP) is 1.85. The third kappa shape index (κ3) is 3.53. The Bertz CT molecular complexity index is 533. The Morgan fingerprint density at radius 3 is 2.71 bits per heavy atom. The van der Waals surface area contributed by atoms with Gasteiger partial charge in [0.05, 0.1) is 13.2 Å². The van der Waals surface area contributed by atoms with Crippen LogP contribution in [0.1, 0.15) is 43.7 Å². The van der Waals surface area contributed by atoms with Crippen LogP contribution in [0.2, 0.25) is 0 Å². The minimum absolute atomic E-state index is 0.0402. The molecule has 7 heteroatoms. The van der Waals surface area contributed by atoms with Gasteiger partial charge in [-0.25, -0.2) is 9.59 Å². The van der Waals surface area contributed by atoms with Crippen molar-refractivity contribution in [3.05, 3.63) is 18.0 Å². The molecule has 7 nitrogen and oxygen atoms in total. The monoisotopic (exact) mass is 295 g/mol. The van der Waals surface area contributed by atoms with Crippen LogP contribution in [0.3, 0.4) is 0 Å². The minimum Gasteiger partial charge on any atom is -0.464 e. The van der Waals surface area contributed by atoms with E-state index in [2.05, 4.69) is 5.10 Å². The molecule has 0 bridgehead atoms. The van der Waals surface area contributed by atoms with Crippen LogP contribution in [0.25, 0.3) is 0 Å². The van der Waals surface area contributed by atoms with Crippen molar-refractivity contribution in [3.63, 3.8) is 0 Å². The standard InChI is InChI=1S/C14H21N3O4/c1-14(2,3)21-13(19)16-8-6-10(9-16)17-11(5-7-15-17)12(18)20-4/h5,7,10H,6,8-9H2,1-4H3/t10-/m1/s1. The molecule has 0 radical (unpaired) electrons. The number of nitrogens with zero attached hydrogens (tertiary/aromatic N) is 3. The number of esters is 1. The number of carbonyl (C=O) groups is 2. The van der Waals surface area contributed by atoms with Crippen molar-refractivity contribution in [1.82, 2.24) is 14.7 Å². The highest BCUT2D eigenvalue weighted by Crippen LogP contribution is 2.24. The van der Waals surface area contributed by atoms with E-state index < -0.39 is 11.6 Å². The molecule has 1 atom stereocenters. The summed E-state index contributed by atoms with van der Waals surface area (Å²) >= 11 is 0. The summed E-state index contributed by atoms with van der Waals surface area (Å²) in [7, 11) is 1.33. The summed E-state index contributed by atoms with van der Waals surface area (Å²) in [6, 6.07) is 1.57. The number of methoxy groups -OCH3 is 1. The minimum atomic E-state index is -0.516. The molecule has 1 fully saturated rings. The quantitative estimate of drug-likeness (QED) is 0.778. The second-order valence-corrected chi connectivity index (χ2v) is 6.02. The fourth-order valence-electron chi connectivity index (χ4n) is 2.31. The molecule has 116 valence electrons. The van der Waals surface area contributed by atoms with Crippen molar-refractivity contribution in [2.24, 2.45) is 0 Å². The van der Waals surface area contributed by atoms with Gasteiger partial charge in [-0.2, -0.15) is 5.10 Å². The van der Waals surface area contributed by atoms with Crippen LogP contribution in [0.5, 0.6) is 0 Å². The van der Waals surface area contributed by atoms with Crippen LogP contribution in [0.4, 0.5) is 4.79 Å². The van der Waals surface area contributed by atoms with E-state index in [1.807, 2.05) is 20.8 Å². The van der Waals surface area contributed by atoms with E-state index in [-0.39, 0.29) is 12.1 Å². The van der Waals surface area contributed by atoms with E-state index in [0.29, 0.717) is 18.8 Å².